The Morgan fingerprint density at radius 2 is 2.20 bits per heavy atom. The average Bonchev–Trinajstić information content (AvgIpc) is 2.72. The molecule has 0 aliphatic carbocycles. The summed E-state index contributed by atoms with van der Waals surface area (Å²) in [4.78, 5) is 5.27. The molecule has 0 aliphatic heterocycles. The molecule has 4 nitrogen and oxygen atoms in total. The van der Waals surface area contributed by atoms with Crippen molar-refractivity contribution in [1.29, 1.82) is 0 Å². The molecule has 0 amide bonds. The Morgan fingerprint density at radius 3 is 2.93 bits per heavy atom. The van der Waals surface area contributed by atoms with Gasteiger partial charge in [-0.15, -0.1) is 21.5 Å². The molecule has 2 heterocycles. The highest BCUT2D eigenvalue weighted by Crippen LogP contribution is 2.13. The van der Waals surface area contributed by atoms with E-state index >= 15 is 0 Å². The first kappa shape index (κ1) is 9.79. The fraction of sp³-hybridized carbons (Fsp3) is 0.100. The number of nitrogen functional groups attached to an aromatic ring is 1. The second-order valence-electron chi connectivity index (χ2n) is 2.99. The van der Waals surface area contributed by atoms with Crippen molar-refractivity contribution in [3.05, 3.63) is 33.8 Å². The lowest BCUT2D eigenvalue weighted by molar-refractivity contribution is 0.932. The lowest BCUT2D eigenvalue weighted by Gasteiger charge is -1.97. The van der Waals surface area contributed by atoms with Crippen molar-refractivity contribution < 1.29 is 0 Å². The lowest BCUT2D eigenvalue weighted by Crippen LogP contribution is -2.01. The van der Waals surface area contributed by atoms with E-state index in [0.29, 0.717) is 0 Å². The number of anilines is 1. The molecule has 0 fully saturated rings. The Bertz CT molecular complexity index is 476. The van der Waals surface area contributed by atoms with Crippen molar-refractivity contribution in [3.8, 4) is 0 Å². The quantitative estimate of drug-likeness (QED) is 0.837. The summed E-state index contributed by atoms with van der Waals surface area (Å²) in [6, 6.07) is 4.04. The van der Waals surface area contributed by atoms with Crippen molar-refractivity contribution >= 4 is 29.4 Å². The highest BCUT2D eigenvalue weighted by atomic mass is 32.1. The zero-order chi connectivity index (χ0) is 10.7. The second-order valence-corrected chi connectivity index (χ2v) is 3.97. The molecule has 0 aliphatic rings. The third-order valence-corrected chi connectivity index (χ3v) is 2.69. The molecule has 0 bridgehead atoms. The lowest BCUT2D eigenvalue weighted by atomic mass is 10.3. The zero-order valence-corrected chi connectivity index (χ0v) is 9.03. The van der Waals surface area contributed by atoms with Crippen LogP contribution in [0.3, 0.4) is 0 Å². The van der Waals surface area contributed by atoms with Gasteiger partial charge in [-0.3, -0.25) is 0 Å². The smallest absolute Gasteiger partial charge is 0.240 e. The molecule has 5 heteroatoms. The van der Waals surface area contributed by atoms with E-state index in [0.717, 1.165) is 11.4 Å². The Labute approximate surface area is 91.5 Å². The summed E-state index contributed by atoms with van der Waals surface area (Å²) in [5.41, 5.74) is 7.00. The van der Waals surface area contributed by atoms with E-state index in [1.54, 1.807) is 11.3 Å². The monoisotopic (exact) mass is 218 g/mol. The van der Waals surface area contributed by atoms with Gasteiger partial charge in [-0.1, -0.05) is 6.07 Å². The minimum Gasteiger partial charge on any atom is -0.366 e. The van der Waals surface area contributed by atoms with Gasteiger partial charge in [0.05, 0.1) is 11.4 Å². The Morgan fingerprint density at radius 1 is 1.33 bits per heavy atom. The molecule has 2 N–H and O–H groups in total. The number of aryl methyl sites for hydroxylation is 1. The summed E-state index contributed by atoms with van der Waals surface area (Å²) in [6.07, 6.45) is 3.88. The first-order chi connectivity index (χ1) is 7.25. The van der Waals surface area contributed by atoms with Crippen LogP contribution in [0, 0.1) is 6.92 Å². The molecular formula is C10H10N4S. The van der Waals surface area contributed by atoms with Gasteiger partial charge in [0.1, 0.15) is 0 Å². The Hall–Kier alpha value is -1.75. The normalized spacial score (nSPS) is 11.0. The molecule has 0 radical (unpaired) electrons. The van der Waals surface area contributed by atoms with Gasteiger partial charge in [0, 0.05) is 4.88 Å². The number of hydrogen-bond donors (Lipinski definition) is 1. The number of nitrogens with two attached hydrogens (primary N) is 1. The molecule has 0 aromatic carbocycles. The van der Waals surface area contributed by atoms with E-state index in [4.69, 9.17) is 5.73 Å². The van der Waals surface area contributed by atoms with Crippen LogP contribution in [0.5, 0.6) is 0 Å². The van der Waals surface area contributed by atoms with Crippen LogP contribution >= 0.6 is 11.3 Å². The predicted molar refractivity (Wildman–Crippen MR) is 62.2 cm³/mol. The van der Waals surface area contributed by atoms with E-state index in [1.807, 2.05) is 36.6 Å². The summed E-state index contributed by atoms with van der Waals surface area (Å²) >= 11 is 1.67. The van der Waals surface area contributed by atoms with Crippen molar-refractivity contribution in [2.75, 3.05) is 5.73 Å². The third kappa shape index (κ3) is 2.38. The maximum atomic E-state index is 5.46. The fourth-order valence-electron chi connectivity index (χ4n) is 1.11. The van der Waals surface area contributed by atoms with Crippen LogP contribution in [0.25, 0.3) is 12.2 Å². The topological polar surface area (TPSA) is 64.7 Å². The summed E-state index contributed by atoms with van der Waals surface area (Å²) in [5, 5.41) is 9.59. The molecule has 2 rings (SSSR count). The average molecular weight is 218 g/mol. The minimum absolute atomic E-state index is 0.200. The first-order valence-electron chi connectivity index (χ1n) is 4.44. The number of aromatic nitrogens is 3. The summed E-state index contributed by atoms with van der Waals surface area (Å²) in [5.74, 6) is 0.200. The van der Waals surface area contributed by atoms with Crippen LogP contribution < -0.4 is 5.73 Å². The molecule has 0 saturated carbocycles. The van der Waals surface area contributed by atoms with Crippen molar-refractivity contribution in [3.63, 3.8) is 0 Å². The zero-order valence-electron chi connectivity index (χ0n) is 8.21. The molecule has 2 aromatic rings. The van der Waals surface area contributed by atoms with Gasteiger partial charge in [0.2, 0.25) is 5.95 Å². The van der Waals surface area contributed by atoms with E-state index in [9.17, 15) is 0 Å². The van der Waals surface area contributed by atoms with Crippen LogP contribution in [-0.4, -0.2) is 15.2 Å². The molecule has 0 saturated heterocycles. The van der Waals surface area contributed by atoms with Gasteiger partial charge in [0.25, 0.3) is 0 Å². The third-order valence-electron chi connectivity index (χ3n) is 1.86. The van der Waals surface area contributed by atoms with Crippen LogP contribution in [0.2, 0.25) is 0 Å². The number of hydrogen-bond acceptors (Lipinski definition) is 5. The molecule has 0 spiro atoms. The summed E-state index contributed by atoms with van der Waals surface area (Å²) in [7, 11) is 0. The maximum Gasteiger partial charge on any atom is 0.240 e. The largest absolute Gasteiger partial charge is 0.366 e. The number of rotatable bonds is 2. The fourth-order valence-corrected chi connectivity index (χ4v) is 1.73. The summed E-state index contributed by atoms with van der Waals surface area (Å²) in [6.45, 7) is 1.85. The SMILES string of the molecule is Cc1nnc(N)nc1/C=C/c1cccs1. The van der Waals surface area contributed by atoms with Crippen molar-refractivity contribution in [1.82, 2.24) is 15.2 Å². The predicted octanol–water partition coefficient (Wildman–Crippen LogP) is 1.99. The van der Waals surface area contributed by atoms with Crippen molar-refractivity contribution in [2.45, 2.75) is 6.92 Å². The Balaban J connectivity index is 2.27. The summed E-state index contributed by atoms with van der Waals surface area (Å²) < 4.78 is 0. The molecule has 2 aromatic heterocycles. The first-order valence-corrected chi connectivity index (χ1v) is 5.32. The standard InChI is InChI=1S/C10H10N4S/c1-7-9(12-10(11)14-13-7)5-4-8-3-2-6-15-8/h2-6H,1H3,(H2,11,12,14)/b5-4+. The van der Waals surface area contributed by atoms with E-state index in [1.165, 1.54) is 4.88 Å². The van der Waals surface area contributed by atoms with Gasteiger partial charge in [-0.05, 0) is 30.5 Å². The van der Waals surface area contributed by atoms with E-state index in [2.05, 4.69) is 15.2 Å². The van der Waals surface area contributed by atoms with Gasteiger partial charge < -0.3 is 5.73 Å². The minimum atomic E-state index is 0.200. The highest BCUT2D eigenvalue weighted by molar-refractivity contribution is 7.10. The van der Waals surface area contributed by atoms with E-state index < -0.39 is 0 Å². The molecular weight excluding hydrogens is 208 g/mol. The van der Waals surface area contributed by atoms with Gasteiger partial charge in [0.15, 0.2) is 0 Å². The van der Waals surface area contributed by atoms with Crippen molar-refractivity contribution in [2.24, 2.45) is 0 Å². The molecule has 76 valence electrons. The van der Waals surface area contributed by atoms with Gasteiger partial charge in [-0.2, -0.15) is 0 Å². The highest BCUT2D eigenvalue weighted by Gasteiger charge is 1.99. The number of thiophene rings is 1. The van der Waals surface area contributed by atoms with Gasteiger partial charge in [-0.25, -0.2) is 4.98 Å². The van der Waals surface area contributed by atoms with Gasteiger partial charge >= 0.3 is 0 Å². The van der Waals surface area contributed by atoms with Crippen LogP contribution in [0.1, 0.15) is 16.3 Å². The number of nitrogens with zero attached hydrogens (tertiary/aromatic N) is 3. The van der Waals surface area contributed by atoms with Crippen LogP contribution in [0.15, 0.2) is 17.5 Å². The molecule has 15 heavy (non-hydrogen) atoms. The second kappa shape index (κ2) is 4.18. The Kier molecular flexibility index (Phi) is 2.73. The van der Waals surface area contributed by atoms with Crippen LogP contribution in [0.4, 0.5) is 5.95 Å². The molecule has 0 atom stereocenters. The molecule has 0 unspecified atom stereocenters. The van der Waals surface area contributed by atoms with Crippen LogP contribution in [-0.2, 0) is 0 Å². The van der Waals surface area contributed by atoms with E-state index in [-0.39, 0.29) is 5.95 Å². The maximum absolute atomic E-state index is 5.46.